The first-order valence-corrected chi connectivity index (χ1v) is 18.7. The number of ether oxygens (including phenoxy) is 2. The topological polar surface area (TPSA) is 163 Å². The van der Waals surface area contributed by atoms with Gasteiger partial charge in [0.25, 0.3) is 0 Å². The molecule has 0 unspecified atom stereocenters. The van der Waals surface area contributed by atoms with E-state index in [-0.39, 0.29) is 41.3 Å². The third kappa shape index (κ3) is 9.81. The van der Waals surface area contributed by atoms with Gasteiger partial charge in [-0.15, -0.1) is 11.8 Å². The maximum atomic E-state index is 13.6. The van der Waals surface area contributed by atoms with Gasteiger partial charge >= 0.3 is 5.97 Å². The van der Waals surface area contributed by atoms with Crippen LogP contribution >= 0.6 is 11.8 Å². The molecule has 12 heteroatoms. The van der Waals surface area contributed by atoms with Crippen molar-refractivity contribution in [3.05, 3.63) is 71.4 Å². The number of phenolic OH excluding ortho intramolecular Hbond substituents is 1. The second-order valence-corrected chi connectivity index (χ2v) is 14.7. The molecule has 1 aromatic carbocycles. The van der Waals surface area contributed by atoms with E-state index >= 15 is 0 Å². The van der Waals surface area contributed by atoms with E-state index in [9.17, 15) is 29.4 Å². The van der Waals surface area contributed by atoms with Crippen molar-refractivity contribution in [3.63, 3.8) is 0 Å². The number of aromatic hydroxyl groups is 1. The predicted octanol–water partition coefficient (Wildman–Crippen LogP) is 5.79. The van der Waals surface area contributed by atoms with Crippen LogP contribution in [0.4, 0.5) is 11.4 Å². The molecule has 2 bridgehead atoms. The molecule has 4 aliphatic rings. The van der Waals surface area contributed by atoms with Crippen molar-refractivity contribution in [2.45, 2.75) is 107 Å². The van der Waals surface area contributed by atoms with Gasteiger partial charge < -0.3 is 35.6 Å². The standard InChI is InChI=1S/C39H49N3O8S/c1-24-13-12-17-28-35(46)29(22-30-36(28)51-23-33(44)41-30)40-32(43)21-27(49-3)16-10-5-4-6-11-18-31(25(2)34(24)45)50-38(48)39(19-20-39)42-37(47)26-14-8-7-9-15-26/h4-6,10-11,13-14,16,22,25,27,31,34,45-46H,7-9,12,15,17-21,23H2,1-3H3,(H,40,43)(H,41,44)(H,42,47)/b5-4-,11-6-,16-10-,24-13-/t25-,27-,31+,34+/m0/s1. The predicted molar refractivity (Wildman–Crippen MR) is 197 cm³/mol. The number of amides is 3. The summed E-state index contributed by atoms with van der Waals surface area (Å²) in [5.74, 6) is -1.63. The fraction of sp³-hybridized carbons (Fsp3) is 0.487. The van der Waals surface area contributed by atoms with Crippen LogP contribution in [0.3, 0.4) is 0 Å². The lowest BCUT2D eigenvalue weighted by Crippen LogP contribution is -2.47. The minimum atomic E-state index is -1.05. The first-order valence-electron chi connectivity index (χ1n) is 17.7. The molecule has 0 aromatic heterocycles. The Morgan fingerprint density at radius 2 is 1.76 bits per heavy atom. The number of esters is 1. The summed E-state index contributed by atoms with van der Waals surface area (Å²) < 4.78 is 11.6. The number of thioether (sulfide) groups is 1. The Morgan fingerprint density at radius 1 is 1.00 bits per heavy atom. The molecule has 2 heterocycles. The summed E-state index contributed by atoms with van der Waals surface area (Å²) in [7, 11) is 1.51. The van der Waals surface area contributed by atoms with E-state index in [1.807, 2.05) is 38.2 Å². The SMILES string of the molecule is CO[C@H]1\C=C/C=C\C=C/C[C@@H](OC(=O)C2(NC(=O)C3=CCCCC3)CC2)[C@H](C)[C@H](O)/C(C)=C\CCc2c(O)c(cc3c2SCC(=O)N3)NC(=O)C1. The first kappa shape index (κ1) is 38.1. The smallest absolute Gasteiger partial charge is 0.332 e. The minimum Gasteiger partial charge on any atom is -0.505 e. The second kappa shape index (κ2) is 17.4. The molecule has 2 aliphatic heterocycles. The normalized spacial score (nSPS) is 28.5. The van der Waals surface area contributed by atoms with Crippen molar-refractivity contribution in [2.24, 2.45) is 5.92 Å². The molecule has 4 atom stereocenters. The Balaban J connectivity index is 1.39. The van der Waals surface area contributed by atoms with Crippen LogP contribution in [0.15, 0.2) is 70.7 Å². The molecule has 11 nitrogen and oxygen atoms in total. The lowest BCUT2D eigenvalue weighted by molar-refractivity contribution is -0.158. The summed E-state index contributed by atoms with van der Waals surface area (Å²) in [6, 6.07) is 1.57. The number of carbonyl (C=O) groups excluding carboxylic acids is 4. The lowest BCUT2D eigenvalue weighted by Gasteiger charge is -2.30. The summed E-state index contributed by atoms with van der Waals surface area (Å²) in [6.07, 6.45) is 18.2. The highest BCUT2D eigenvalue weighted by Gasteiger charge is 2.54. The Labute approximate surface area is 303 Å². The number of aliphatic hydroxyl groups excluding tert-OH is 1. The van der Waals surface area contributed by atoms with E-state index in [2.05, 4.69) is 16.0 Å². The zero-order valence-corrected chi connectivity index (χ0v) is 30.4. The van der Waals surface area contributed by atoms with Crippen LogP contribution in [0.2, 0.25) is 0 Å². The van der Waals surface area contributed by atoms with E-state index < -0.39 is 35.7 Å². The van der Waals surface area contributed by atoms with Crippen molar-refractivity contribution in [1.29, 1.82) is 0 Å². The highest BCUT2D eigenvalue weighted by Crippen LogP contribution is 2.44. The van der Waals surface area contributed by atoms with Gasteiger partial charge in [-0.2, -0.15) is 0 Å². The molecule has 5 rings (SSSR count). The molecule has 3 amide bonds. The first-order chi connectivity index (χ1) is 24.5. The highest BCUT2D eigenvalue weighted by molar-refractivity contribution is 8.00. The molecular weight excluding hydrogens is 671 g/mol. The quantitative estimate of drug-likeness (QED) is 0.110. The van der Waals surface area contributed by atoms with Crippen molar-refractivity contribution in [2.75, 3.05) is 23.5 Å². The Hall–Kier alpha value is -4.13. The van der Waals surface area contributed by atoms with Gasteiger partial charge in [0.2, 0.25) is 17.7 Å². The number of aliphatic hydroxyl groups is 1. The number of fused-ring (bicyclic) bond motifs is 4. The maximum Gasteiger partial charge on any atom is 0.332 e. The molecule has 274 valence electrons. The number of nitrogens with one attached hydrogen (secondary N) is 3. The number of hydrogen-bond donors (Lipinski definition) is 5. The number of rotatable bonds is 5. The van der Waals surface area contributed by atoms with Gasteiger partial charge in [-0.25, -0.2) is 4.79 Å². The van der Waals surface area contributed by atoms with E-state index in [1.165, 1.54) is 18.9 Å². The molecule has 2 aliphatic carbocycles. The molecule has 0 radical (unpaired) electrons. The molecule has 0 saturated heterocycles. The maximum absolute atomic E-state index is 13.6. The zero-order chi connectivity index (χ0) is 36.5. The van der Waals surface area contributed by atoms with Crippen LogP contribution in [0.5, 0.6) is 5.75 Å². The largest absolute Gasteiger partial charge is 0.505 e. The molecule has 1 fully saturated rings. The third-order valence-electron chi connectivity index (χ3n) is 9.84. The van der Waals surface area contributed by atoms with Crippen LogP contribution in [0.25, 0.3) is 0 Å². The van der Waals surface area contributed by atoms with Crippen LogP contribution in [-0.4, -0.2) is 70.6 Å². The summed E-state index contributed by atoms with van der Waals surface area (Å²) in [5.41, 5.74) is 1.61. The highest BCUT2D eigenvalue weighted by atomic mass is 32.2. The zero-order valence-electron chi connectivity index (χ0n) is 29.5. The average Bonchev–Trinajstić information content (AvgIpc) is 3.91. The number of anilines is 2. The van der Waals surface area contributed by atoms with Gasteiger partial charge in [-0.05, 0) is 69.9 Å². The fourth-order valence-electron chi connectivity index (χ4n) is 6.49. The molecule has 1 aromatic rings. The summed E-state index contributed by atoms with van der Waals surface area (Å²) in [5, 5.41) is 31.4. The van der Waals surface area contributed by atoms with Crippen molar-refractivity contribution in [3.8, 4) is 5.75 Å². The average molecular weight is 720 g/mol. The van der Waals surface area contributed by atoms with Gasteiger partial charge in [0.05, 0.1) is 35.8 Å². The third-order valence-corrected chi connectivity index (χ3v) is 11.0. The number of allylic oxidation sites excluding steroid dienone is 6. The number of methoxy groups -OCH3 is 1. The Morgan fingerprint density at radius 3 is 2.49 bits per heavy atom. The van der Waals surface area contributed by atoms with Gasteiger partial charge in [-0.1, -0.05) is 55.5 Å². The van der Waals surface area contributed by atoms with Gasteiger partial charge in [-0.3, -0.25) is 14.4 Å². The number of benzene rings is 1. The van der Waals surface area contributed by atoms with E-state index in [0.29, 0.717) is 55.3 Å². The van der Waals surface area contributed by atoms with Gasteiger partial charge in [0.15, 0.2) is 0 Å². The van der Waals surface area contributed by atoms with Crippen LogP contribution in [0, 0.1) is 5.92 Å². The summed E-state index contributed by atoms with van der Waals surface area (Å²) in [4.78, 5) is 52.6. The van der Waals surface area contributed by atoms with Crippen LogP contribution in [-0.2, 0) is 35.1 Å². The molecule has 5 N–H and O–H groups in total. The van der Waals surface area contributed by atoms with E-state index in [1.54, 1.807) is 30.4 Å². The van der Waals surface area contributed by atoms with Crippen molar-refractivity contribution >= 4 is 46.8 Å². The van der Waals surface area contributed by atoms with Crippen molar-refractivity contribution < 1.29 is 38.9 Å². The van der Waals surface area contributed by atoms with Gasteiger partial charge in [0.1, 0.15) is 17.4 Å². The van der Waals surface area contributed by atoms with E-state index in [4.69, 9.17) is 9.47 Å². The number of hydrogen-bond acceptors (Lipinski definition) is 9. The minimum absolute atomic E-state index is 0.00600. The van der Waals surface area contributed by atoms with E-state index in [0.717, 1.165) is 29.7 Å². The Bertz CT molecular complexity index is 1660. The fourth-order valence-corrected chi connectivity index (χ4v) is 7.48. The second-order valence-electron chi connectivity index (χ2n) is 13.7. The summed E-state index contributed by atoms with van der Waals surface area (Å²) in [6.45, 7) is 3.65. The molecule has 51 heavy (non-hydrogen) atoms. The molecule has 0 spiro atoms. The lowest BCUT2D eigenvalue weighted by atomic mass is 9.90. The van der Waals surface area contributed by atoms with Crippen molar-refractivity contribution in [1.82, 2.24) is 5.32 Å². The van der Waals surface area contributed by atoms with Crippen LogP contribution < -0.4 is 16.0 Å². The molecular formula is C39H49N3O8S. The summed E-state index contributed by atoms with van der Waals surface area (Å²) >= 11 is 1.32. The Kier molecular flexibility index (Phi) is 13.0. The molecule has 1 saturated carbocycles. The number of phenols is 1. The number of carbonyl (C=O) groups is 4. The monoisotopic (exact) mass is 719 g/mol. The van der Waals surface area contributed by atoms with Crippen LogP contribution in [0.1, 0.15) is 77.2 Å². The van der Waals surface area contributed by atoms with Gasteiger partial charge in [0, 0.05) is 35.5 Å².